The Morgan fingerprint density at radius 3 is 2.54 bits per heavy atom. The molecule has 2 atom stereocenters. The maximum absolute atomic E-state index is 12.5. The number of methoxy groups -OCH3 is 1. The Balaban J connectivity index is 0.00000208. The normalized spacial score (nSPS) is 25.0. The summed E-state index contributed by atoms with van der Waals surface area (Å²) in [6.45, 7) is 2.70. The van der Waals surface area contributed by atoms with Crippen molar-refractivity contribution in [3.63, 3.8) is 0 Å². The summed E-state index contributed by atoms with van der Waals surface area (Å²) in [6.07, 6.45) is 5.60. The van der Waals surface area contributed by atoms with Crippen molar-refractivity contribution in [2.75, 3.05) is 14.2 Å². The number of ether oxygens (including phenoxy) is 1. The highest BCUT2D eigenvalue weighted by molar-refractivity contribution is 5.85. The van der Waals surface area contributed by atoms with Gasteiger partial charge in [-0.25, -0.2) is 0 Å². The number of hydrogen-bond acceptors (Lipinski definition) is 3. The highest BCUT2D eigenvalue weighted by atomic mass is 35.5. The van der Waals surface area contributed by atoms with Crippen LogP contribution in [0.3, 0.4) is 0 Å². The zero-order valence-corrected chi connectivity index (χ0v) is 15.7. The number of carbonyl (C=O) groups is 1. The molecule has 24 heavy (non-hydrogen) atoms. The van der Waals surface area contributed by atoms with E-state index in [4.69, 9.17) is 4.74 Å². The monoisotopic (exact) mass is 352 g/mol. The molecule has 0 aliphatic carbocycles. The third kappa shape index (κ3) is 4.42. The predicted octanol–water partition coefficient (Wildman–Crippen LogP) is 3.30. The number of piperidine rings is 1. The zero-order valence-electron chi connectivity index (χ0n) is 14.9. The van der Waals surface area contributed by atoms with Gasteiger partial charge in [0.1, 0.15) is 5.75 Å². The minimum Gasteiger partial charge on any atom is -0.496 e. The molecule has 0 saturated carbocycles. The first-order valence-electron chi connectivity index (χ1n) is 8.68. The number of benzene rings is 1. The van der Waals surface area contributed by atoms with Crippen molar-refractivity contribution in [1.29, 1.82) is 0 Å². The average Bonchev–Trinajstić information content (AvgIpc) is 2.86. The fourth-order valence-corrected chi connectivity index (χ4v) is 4.15. The molecule has 1 N–H and O–H groups in total. The average molecular weight is 353 g/mol. The smallest absolute Gasteiger partial charge is 0.222 e. The maximum atomic E-state index is 12.5. The molecule has 2 bridgehead atoms. The molecule has 0 aromatic heterocycles. The van der Waals surface area contributed by atoms with Gasteiger partial charge in [0.15, 0.2) is 0 Å². The molecule has 1 aromatic rings. The van der Waals surface area contributed by atoms with Crippen LogP contribution in [0.15, 0.2) is 18.2 Å². The molecule has 2 saturated heterocycles. The van der Waals surface area contributed by atoms with E-state index in [0.29, 0.717) is 31.0 Å². The molecule has 0 radical (unpaired) electrons. The Morgan fingerprint density at radius 2 is 1.96 bits per heavy atom. The van der Waals surface area contributed by atoms with Crippen molar-refractivity contribution in [1.82, 2.24) is 10.2 Å². The topological polar surface area (TPSA) is 41.6 Å². The lowest BCUT2D eigenvalue weighted by atomic mass is 9.89. The lowest BCUT2D eigenvalue weighted by molar-refractivity contribution is -0.131. The second kappa shape index (κ2) is 8.21. The van der Waals surface area contributed by atoms with E-state index in [9.17, 15) is 4.79 Å². The van der Waals surface area contributed by atoms with Gasteiger partial charge in [-0.15, -0.1) is 12.4 Å². The predicted molar refractivity (Wildman–Crippen MR) is 98.7 cm³/mol. The Kier molecular flexibility index (Phi) is 6.53. The second-order valence-electron chi connectivity index (χ2n) is 7.23. The largest absolute Gasteiger partial charge is 0.496 e. The molecule has 2 fully saturated rings. The number of nitrogens with one attached hydrogen (secondary N) is 1. The van der Waals surface area contributed by atoms with Crippen LogP contribution in [-0.2, 0) is 11.3 Å². The summed E-state index contributed by atoms with van der Waals surface area (Å²) >= 11 is 0. The molecule has 2 aliphatic heterocycles. The third-order valence-electron chi connectivity index (χ3n) is 5.34. The van der Waals surface area contributed by atoms with Gasteiger partial charge in [-0.05, 0) is 55.7 Å². The van der Waals surface area contributed by atoms with Crippen LogP contribution in [0.25, 0.3) is 0 Å². The molecule has 1 aromatic carbocycles. The van der Waals surface area contributed by atoms with E-state index in [2.05, 4.69) is 11.4 Å². The minimum atomic E-state index is 0. The van der Waals surface area contributed by atoms with Crippen molar-refractivity contribution in [3.05, 3.63) is 29.3 Å². The molecule has 3 rings (SSSR count). The van der Waals surface area contributed by atoms with Crippen LogP contribution >= 0.6 is 12.4 Å². The maximum Gasteiger partial charge on any atom is 0.222 e. The van der Waals surface area contributed by atoms with Crippen molar-refractivity contribution in [2.45, 2.75) is 57.7 Å². The molecule has 134 valence electrons. The SMILES string of the molecule is COc1ccc(CN(C)C(=O)CC2CC3CCC(C2)N3)cc1C.Cl. The number of carbonyl (C=O) groups excluding carboxylic acids is 1. The molecule has 2 aliphatic rings. The van der Waals surface area contributed by atoms with E-state index < -0.39 is 0 Å². The first-order chi connectivity index (χ1) is 11.0. The number of halogens is 1. The number of amides is 1. The van der Waals surface area contributed by atoms with Gasteiger partial charge in [-0.2, -0.15) is 0 Å². The molecule has 2 unspecified atom stereocenters. The molecule has 1 amide bonds. The highest BCUT2D eigenvalue weighted by Gasteiger charge is 2.34. The van der Waals surface area contributed by atoms with Crippen LogP contribution in [0.1, 0.15) is 43.2 Å². The van der Waals surface area contributed by atoms with Gasteiger partial charge in [0.25, 0.3) is 0 Å². The summed E-state index contributed by atoms with van der Waals surface area (Å²) in [5, 5.41) is 3.64. The summed E-state index contributed by atoms with van der Waals surface area (Å²) in [6, 6.07) is 7.43. The van der Waals surface area contributed by atoms with E-state index in [1.165, 1.54) is 12.8 Å². The highest BCUT2D eigenvalue weighted by Crippen LogP contribution is 2.33. The van der Waals surface area contributed by atoms with Crippen LogP contribution in [0, 0.1) is 12.8 Å². The van der Waals surface area contributed by atoms with Gasteiger partial charge in [0, 0.05) is 32.1 Å². The van der Waals surface area contributed by atoms with Crippen molar-refractivity contribution in [2.24, 2.45) is 5.92 Å². The Bertz CT molecular complexity index is 566. The fourth-order valence-electron chi connectivity index (χ4n) is 4.15. The van der Waals surface area contributed by atoms with Gasteiger partial charge < -0.3 is 15.0 Å². The van der Waals surface area contributed by atoms with E-state index in [0.717, 1.165) is 29.7 Å². The standard InChI is InChI=1S/C19H28N2O2.ClH/c1-13-8-14(4-7-18(13)23-3)12-21(2)19(22)11-15-9-16-5-6-17(10-15)20-16;/h4,7-8,15-17,20H,5-6,9-12H2,1-3H3;1H. The van der Waals surface area contributed by atoms with Crippen LogP contribution in [0.5, 0.6) is 5.75 Å². The Labute approximate surface area is 151 Å². The van der Waals surface area contributed by atoms with Crippen molar-refractivity contribution in [3.8, 4) is 5.75 Å². The first-order valence-corrected chi connectivity index (χ1v) is 8.68. The number of rotatable bonds is 5. The summed E-state index contributed by atoms with van der Waals surface area (Å²) < 4.78 is 5.29. The molecular weight excluding hydrogens is 324 g/mol. The zero-order chi connectivity index (χ0) is 16.4. The number of nitrogens with zero attached hydrogens (tertiary/aromatic N) is 1. The molecule has 4 nitrogen and oxygen atoms in total. The lowest BCUT2D eigenvalue weighted by Gasteiger charge is -2.30. The van der Waals surface area contributed by atoms with Crippen molar-refractivity contribution < 1.29 is 9.53 Å². The van der Waals surface area contributed by atoms with Gasteiger partial charge in [0.2, 0.25) is 5.91 Å². The molecule has 0 spiro atoms. The Morgan fingerprint density at radius 1 is 1.29 bits per heavy atom. The van der Waals surface area contributed by atoms with E-state index in [1.54, 1.807) is 7.11 Å². The summed E-state index contributed by atoms with van der Waals surface area (Å²) in [5.41, 5.74) is 2.27. The summed E-state index contributed by atoms with van der Waals surface area (Å²) in [7, 11) is 3.60. The summed E-state index contributed by atoms with van der Waals surface area (Å²) in [5.74, 6) is 1.72. The minimum absolute atomic E-state index is 0. The van der Waals surface area contributed by atoms with Gasteiger partial charge in [-0.1, -0.05) is 12.1 Å². The second-order valence-corrected chi connectivity index (χ2v) is 7.23. The Hall–Kier alpha value is -1.26. The van der Waals surface area contributed by atoms with Gasteiger partial charge in [0.05, 0.1) is 7.11 Å². The number of aryl methyl sites for hydroxylation is 1. The summed E-state index contributed by atoms with van der Waals surface area (Å²) in [4.78, 5) is 14.4. The van der Waals surface area contributed by atoms with E-state index >= 15 is 0 Å². The first kappa shape index (κ1) is 19.1. The molecule has 5 heteroatoms. The quantitative estimate of drug-likeness (QED) is 0.884. The van der Waals surface area contributed by atoms with Crippen LogP contribution in [-0.4, -0.2) is 37.0 Å². The van der Waals surface area contributed by atoms with E-state index in [1.807, 2.05) is 31.0 Å². The van der Waals surface area contributed by atoms with Crippen LogP contribution in [0.2, 0.25) is 0 Å². The number of fused-ring (bicyclic) bond motifs is 2. The fraction of sp³-hybridized carbons (Fsp3) is 0.632. The molecule has 2 heterocycles. The van der Waals surface area contributed by atoms with Crippen LogP contribution < -0.4 is 10.1 Å². The molecular formula is C19H29ClN2O2. The van der Waals surface area contributed by atoms with Gasteiger partial charge >= 0.3 is 0 Å². The number of hydrogen-bond donors (Lipinski definition) is 1. The van der Waals surface area contributed by atoms with Crippen LogP contribution in [0.4, 0.5) is 0 Å². The van der Waals surface area contributed by atoms with Gasteiger partial charge in [-0.3, -0.25) is 4.79 Å². The van der Waals surface area contributed by atoms with E-state index in [-0.39, 0.29) is 18.3 Å². The third-order valence-corrected chi connectivity index (χ3v) is 5.34. The van der Waals surface area contributed by atoms with Crippen molar-refractivity contribution >= 4 is 18.3 Å². The lowest BCUT2D eigenvalue weighted by Crippen LogP contribution is -2.39.